The Hall–Kier alpha value is -13.0. The van der Waals surface area contributed by atoms with Crippen LogP contribution in [-0.2, 0) is 107 Å². The fourth-order valence-corrected chi connectivity index (χ4v) is 18.1. The molecule has 39 nitrogen and oxygen atoms in total. The monoisotopic (exact) mass is 1880 g/mol. The van der Waals surface area contributed by atoms with Crippen LogP contribution in [0.15, 0.2) is 116 Å². The Morgan fingerprint density at radius 2 is 1.19 bits per heavy atom. The molecule has 0 spiro atoms. The molecule has 1 saturated heterocycles. The van der Waals surface area contributed by atoms with E-state index in [0.717, 1.165) is 44.4 Å². The van der Waals surface area contributed by atoms with Gasteiger partial charge in [-0.1, -0.05) is 128 Å². The number of unbranched alkanes of at least 4 members (excludes halogenated alkanes) is 1. The third-order valence-corrected chi connectivity index (χ3v) is 26.4. The van der Waals surface area contributed by atoms with Gasteiger partial charge in [-0.2, -0.15) is 0 Å². The molecular formula is C92H125N19O20S2. The summed E-state index contributed by atoms with van der Waals surface area (Å²) in [6.45, 7) is 19.5. The number of nitrogens with zero attached hydrogens (tertiary/aromatic N) is 2. The molecule has 1 aliphatic rings. The summed E-state index contributed by atoms with van der Waals surface area (Å²) >= 11 is 0. The van der Waals surface area contributed by atoms with Crippen LogP contribution in [0, 0.1) is 18.8 Å². The fourth-order valence-electron chi connectivity index (χ4n) is 15.3. The molecule has 13 atom stereocenters. The average molecular weight is 1880 g/mol. The molecule has 1 aliphatic heterocycles. The van der Waals surface area contributed by atoms with Crippen LogP contribution in [0.4, 0.5) is 0 Å². The lowest BCUT2D eigenvalue weighted by atomic mass is 9.88. The van der Waals surface area contributed by atoms with Gasteiger partial charge < -0.3 is 106 Å². The maximum Gasteiger partial charge on any atom is 0.303 e. The molecule has 2 aromatic heterocycles. The quantitative estimate of drug-likeness (QED) is 0.0189. The SMILES string of the molecule is CC(=O)NCCCC[C@@H]1NC(=O)[C@H](Cc2c[nH]c3c(C)cccc23)NC(=O)[C@H]([C@@H](C)O)NC(=O)[C@H](CC(C)C)NC(=O)[C@@H](NC(C)=O)C(C)(C)SSC(C)(C)[C@@H](C(=O)N[C@@H](Cc2ccc(C(N)=O)cc2)C(=O)N[C@@H](Cc2ccc3ccccc3c2)C(=O)NC(C)(CC(C)C)C(=O)N[C@@H](CCC(=O)O)C(=O)N[C@@H](CC(N)=O)C(=O)N[C@@H](Cc2cccnc2)C(=O)N(C)CC(N)=O)NC1=O. The minimum Gasteiger partial charge on any atom is -0.481 e. The number of carbonyl (C=O) groups excluding carboxylic acids is 17. The smallest absolute Gasteiger partial charge is 0.303 e. The van der Waals surface area contributed by atoms with E-state index in [0.29, 0.717) is 33.0 Å². The number of H-pyrrole nitrogens is 1. The number of pyridine rings is 1. The topological polar surface area (TPSA) is 614 Å². The number of aromatic amines is 1. The van der Waals surface area contributed by atoms with Gasteiger partial charge in [0.15, 0.2) is 0 Å². The number of aromatic nitrogens is 2. The zero-order valence-corrected chi connectivity index (χ0v) is 78.8. The van der Waals surface area contributed by atoms with Crippen molar-refractivity contribution < 1.29 is 96.5 Å². The first-order valence-electron chi connectivity index (χ1n) is 43.7. The number of aliphatic carboxylic acids is 1. The van der Waals surface area contributed by atoms with Crippen LogP contribution in [0.1, 0.15) is 173 Å². The number of aliphatic hydroxyl groups excluding tert-OH is 1. The molecule has 4 aromatic carbocycles. The molecule has 0 bridgehead atoms. The number of nitrogens with two attached hydrogens (primary N) is 3. The Morgan fingerprint density at radius 1 is 0.594 bits per heavy atom. The number of rotatable bonds is 40. The maximum atomic E-state index is 16.3. The van der Waals surface area contributed by atoms with Gasteiger partial charge in [-0.25, -0.2) is 0 Å². The number of para-hydroxylation sites is 1. The molecule has 22 N–H and O–H groups in total. The number of benzene rings is 4. The third-order valence-electron chi connectivity index (χ3n) is 22.2. The van der Waals surface area contributed by atoms with E-state index >= 15 is 33.6 Å². The van der Waals surface area contributed by atoms with Crippen molar-refractivity contribution >= 4 is 150 Å². The summed E-state index contributed by atoms with van der Waals surface area (Å²) in [6.07, 6.45) is -1.11. The first kappa shape index (κ1) is 107. The van der Waals surface area contributed by atoms with Gasteiger partial charge in [0.25, 0.3) is 0 Å². The average Bonchev–Trinajstić information content (AvgIpc) is 0.942. The number of carbonyl (C=O) groups is 18. The van der Waals surface area contributed by atoms with E-state index in [2.05, 4.69) is 79.1 Å². The number of primary amides is 3. The van der Waals surface area contributed by atoms with E-state index in [1.54, 1.807) is 108 Å². The molecule has 0 saturated carbocycles. The van der Waals surface area contributed by atoms with Gasteiger partial charge in [0.1, 0.15) is 72.0 Å². The van der Waals surface area contributed by atoms with Crippen molar-refractivity contribution in [3.05, 3.63) is 149 Å². The Balaban J connectivity index is 1.35. The lowest BCUT2D eigenvalue weighted by molar-refractivity contribution is -0.140. The molecule has 3 heterocycles. The summed E-state index contributed by atoms with van der Waals surface area (Å²) in [5.41, 5.74) is 17.8. The first-order chi connectivity index (χ1) is 62.4. The number of aryl methyl sites for hydroxylation is 1. The highest BCUT2D eigenvalue weighted by Gasteiger charge is 2.48. The number of aliphatic hydroxyl groups is 1. The Kier molecular flexibility index (Phi) is 39.3. The van der Waals surface area contributed by atoms with Gasteiger partial charge in [0, 0.05) is 104 Å². The van der Waals surface area contributed by atoms with Gasteiger partial charge in [-0.3, -0.25) is 91.3 Å². The number of carboxylic acid groups (broad SMARTS) is 1. The lowest BCUT2D eigenvalue weighted by Crippen LogP contribution is -2.65. The van der Waals surface area contributed by atoms with Crippen molar-refractivity contribution in [1.29, 1.82) is 0 Å². The summed E-state index contributed by atoms with van der Waals surface area (Å²) in [5.74, 6) is -18.7. The van der Waals surface area contributed by atoms with Crippen LogP contribution < -0.4 is 86.3 Å². The molecule has 0 aliphatic carbocycles. The van der Waals surface area contributed by atoms with Gasteiger partial charge in [-0.15, -0.1) is 0 Å². The number of nitrogens with one attached hydrogen (secondary N) is 14. The molecule has 1 unspecified atom stereocenters. The highest BCUT2D eigenvalue weighted by Crippen LogP contribution is 2.47. The summed E-state index contributed by atoms with van der Waals surface area (Å²) in [6, 6.07) is 7.77. The summed E-state index contributed by atoms with van der Waals surface area (Å²) in [5, 5.41) is 58.4. The third kappa shape index (κ3) is 32.4. The van der Waals surface area contributed by atoms with Crippen LogP contribution in [0.25, 0.3) is 21.7 Å². The van der Waals surface area contributed by atoms with Crippen LogP contribution >= 0.6 is 21.6 Å². The molecular weight excluding hydrogens is 1760 g/mol. The fraction of sp³-hybridized carbons (Fsp3) is 0.489. The van der Waals surface area contributed by atoms with E-state index in [4.69, 9.17) is 17.2 Å². The first-order valence-corrected chi connectivity index (χ1v) is 45.9. The number of fused-ring (bicyclic) bond motifs is 2. The van der Waals surface area contributed by atoms with Crippen molar-refractivity contribution in [3.8, 4) is 0 Å². The van der Waals surface area contributed by atoms with Crippen LogP contribution in [-0.4, -0.2) is 239 Å². The normalized spacial score (nSPS) is 19.1. The summed E-state index contributed by atoms with van der Waals surface area (Å²) in [7, 11) is 3.13. The van der Waals surface area contributed by atoms with Crippen LogP contribution in [0.5, 0.6) is 0 Å². The molecule has 720 valence electrons. The Bertz CT molecular complexity index is 5250. The second-order valence-corrected chi connectivity index (χ2v) is 39.1. The van der Waals surface area contributed by atoms with Crippen molar-refractivity contribution in [1.82, 2.24) is 84.0 Å². The number of likely N-dealkylation sites (N-methyl/N-ethyl adjacent to an activating group) is 1. The van der Waals surface area contributed by atoms with Crippen molar-refractivity contribution in [2.75, 3.05) is 20.1 Å². The summed E-state index contributed by atoms with van der Waals surface area (Å²) in [4.78, 5) is 266. The van der Waals surface area contributed by atoms with Gasteiger partial charge >= 0.3 is 5.97 Å². The molecule has 7 rings (SSSR count). The van der Waals surface area contributed by atoms with Crippen molar-refractivity contribution in [3.63, 3.8) is 0 Å². The molecule has 17 amide bonds. The largest absolute Gasteiger partial charge is 0.481 e. The van der Waals surface area contributed by atoms with E-state index in [1.807, 2.05) is 19.1 Å². The van der Waals surface area contributed by atoms with E-state index in [9.17, 15) is 63.0 Å². The zero-order chi connectivity index (χ0) is 98.7. The molecule has 41 heteroatoms. The second-order valence-electron chi connectivity index (χ2n) is 35.7. The maximum absolute atomic E-state index is 16.3. The van der Waals surface area contributed by atoms with E-state index in [-0.39, 0.29) is 80.9 Å². The molecule has 133 heavy (non-hydrogen) atoms. The van der Waals surface area contributed by atoms with Crippen LogP contribution in [0.2, 0.25) is 0 Å². The number of hydrogen-bond donors (Lipinski definition) is 19. The predicted octanol–water partition coefficient (Wildman–Crippen LogP) is 1.04. The standard InChI is InChI=1S/C92H125N19O20S2/c1-48(2)37-64-83(125)108-74(51(6)112)85(127)103-67(42-60-46-98-73-50(5)21-19-25-61(60)73)81(123)100-62(26-17-18-36-97-52(7)113)79(121)109-76(91(11,12)133-132-90(9,10)75(86(128)104-64)99-53(8)114)87(129)105-65(39-54-27-31-58(32-28-54)77(95)119)80(122)101-66(40-55-29-30-57-23-15-16-24-59(57)38-55)84(126)110-92(13,44-49(3)4)89(131)107-63(33-34-72(117)118)78(120)102-68(43-70(93)115)82(124)106-69(41-56-22-20-35-96-45-56)88(130)111(14)47-71(94)116/h15-16,19-25,27-32,35,38,45-46,48-49,51,62-69,74-76,98,112H,17-18,26,33-34,36-37,39-44,47H2,1-14H3,(H2,93,115)(H2,94,116)(H2,95,119)(H,97,113)(H,99,114)(H,100,123)(H,101,122)(H,102,120)(H,103,127)(H,104,128)(H,105,129)(H,106,124)(H,107,131)(H,108,125)(H,109,121)(H,110,126)(H,117,118)/t51-,62+,63+,64+,65+,66+,67+,68+,69+,74+,75-,76-,92?/m1/s1. The summed E-state index contributed by atoms with van der Waals surface area (Å²) < 4.78 is -3.13. The highest BCUT2D eigenvalue weighted by atomic mass is 33.1. The molecule has 0 radical (unpaired) electrons. The number of amides is 17. The van der Waals surface area contributed by atoms with E-state index in [1.165, 1.54) is 78.3 Å². The van der Waals surface area contributed by atoms with E-state index < -0.39 is 226 Å². The molecule has 6 aromatic rings. The van der Waals surface area contributed by atoms with Crippen LogP contribution in [0.3, 0.4) is 0 Å². The minimum absolute atomic E-state index is 0.0364. The Morgan fingerprint density at radius 3 is 1.80 bits per heavy atom. The minimum atomic E-state index is -2.14. The zero-order valence-electron chi connectivity index (χ0n) is 77.1. The second kappa shape index (κ2) is 48.9. The number of carboxylic acids is 1. The molecule has 1 fully saturated rings. The van der Waals surface area contributed by atoms with Crippen molar-refractivity contribution in [2.45, 2.75) is 255 Å². The lowest BCUT2D eigenvalue weighted by Gasteiger charge is -2.39. The predicted molar refractivity (Wildman–Crippen MR) is 498 cm³/mol. The van der Waals surface area contributed by atoms with Gasteiger partial charge in [0.2, 0.25) is 100 Å². The van der Waals surface area contributed by atoms with Gasteiger partial charge in [-0.05, 0) is 156 Å². The number of hydrogen-bond acceptors (Lipinski definition) is 22. The van der Waals surface area contributed by atoms with Gasteiger partial charge in [0.05, 0.1) is 19.1 Å². The van der Waals surface area contributed by atoms with Crippen molar-refractivity contribution in [2.24, 2.45) is 29.0 Å². The highest BCUT2D eigenvalue weighted by molar-refractivity contribution is 8.77. The Labute approximate surface area is 778 Å².